The minimum Gasteiger partial charge on any atom is -0.335 e. The van der Waals surface area contributed by atoms with Gasteiger partial charge in [0.05, 0.1) is 28.5 Å². The van der Waals surface area contributed by atoms with Crippen LogP contribution in [-0.2, 0) is 6.54 Å². The highest BCUT2D eigenvalue weighted by Gasteiger charge is 2.17. The van der Waals surface area contributed by atoms with E-state index in [0.29, 0.717) is 17.3 Å². The number of hydrogen-bond acceptors (Lipinski definition) is 5. The predicted molar refractivity (Wildman–Crippen MR) is 89.0 cm³/mol. The van der Waals surface area contributed by atoms with Crippen LogP contribution in [0.5, 0.6) is 0 Å². The third-order valence-electron chi connectivity index (χ3n) is 3.22. The van der Waals surface area contributed by atoms with E-state index in [1.165, 1.54) is 4.68 Å². The summed E-state index contributed by atoms with van der Waals surface area (Å²) in [5.41, 5.74) is 0.954. The fourth-order valence-corrected chi connectivity index (χ4v) is 3.17. The van der Waals surface area contributed by atoms with Crippen molar-refractivity contribution in [3.63, 3.8) is 0 Å². The molecule has 0 spiro atoms. The molecule has 0 unspecified atom stereocenters. The first kappa shape index (κ1) is 15.6. The number of aromatic nitrogens is 4. The molecule has 3 rings (SSSR count). The van der Waals surface area contributed by atoms with Gasteiger partial charge in [-0.2, -0.15) is 0 Å². The summed E-state index contributed by atoms with van der Waals surface area (Å²) < 4.78 is 1.50. The average Bonchev–Trinajstić information content (AvgIpc) is 3.16. The van der Waals surface area contributed by atoms with Crippen molar-refractivity contribution in [2.24, 2.45) is 0 Å². The zero-order valence-electron chi connectivity index (χ0n) is 12.6. The summed E-state index contributed by atoms with van der Waals surface area (Å²) in [5.74, 6) is -0.200. The second-order valence-electron chi connectivity index (χ2n) is 5.01. The lowest BCUT2D eigenvalue weighted by Gasteiger charge is -2.13. The molecule has 0 N–H and O–H groups in total. The van der Waals surface area contributed by atoms with Crippen LogP contribution >= 0.6 is 22.9 Å². The first-order valence-corrected chi connectivity index (χ1v) is 8.08. The van der Waals surface area contributed by atoms with Gasteiger partial charge in [-0.05, 0) is 19.1 Å². The number of rotatable bonds is 4. The van der Waals surface area contributed by atoms with Gasteiger partial charge in [0, 0.05) is 18.1 Å². The van der Waals surface area contributed by atoms with E-state index in [2.05, 4.69) is 15.3 Å². The van der Waals surface area contributed by atoms with Crippen LogP contribution in [0.15, 0.2) is 36.7 Å². The third kappa shape index (κ3) is 3.40. The molecule has 0 aliphatic carbocycles. The Hall–Kier alpha value is -2.25. The molecule has 6 nitrogen and oxygen atoms in total. The molecule has 0 radical (unpaired) electrons. The van der Waals surface area contributed by atoms with E-state index in [-0.39, 0.29) is 11.6 Å². The van der Waals surface area contributed by atoms with Crippen molar-refractivity contribution >= 4 is 28.8 Å². The van der Waals surface area contributed by atoms with Gasteiger partial charge in [-0.3, -0.25) is 4.79 Å². The first-order valence-electron chi connectivity index (χ1n) is 6.88. The number of benzene rings is 1. The molecule has 0 saturated heterocycles. The van der Waals surface area contributed by atoms with E-state index in [9.17, 15) is 4.79 Å². The summed E-state index contributed by atoms with van der Waals surface area (Å²) in [6, 6.07) is 7.26. The summed E-state index contributed by atoms with van der Waals surface area (Å²) in [5, 5.41) is 9.46. The summed E-state index contributed by atoms with van der Waals surface area (Å²) in [6.07, 6.45) is 3.36. The van der Waals surface area contributed by atoms with Crippen LogP contribution in [0, 0.1) is 6.92 Å². The Labute approximate surface area is 142 Å². The normalized spacial score (nSPS) is 10.7. The maximum Gasteiger partial charge on any atom is 0.276 e. The number of nitrogens with zero attached hydrogens (tertiary/aromatic N) is 5. The Morgan fingerprint density at radius 2 is 2.17 bits per heavy atom. The van der Waals surface area contributed by atoms with Gasteiger partial charge < -0.3 is 4.90 Å². The lowest BCUT2D eigenvalue weighted by Crippen LogP contribution is -2.26. The number of hydrogen-bond donors (Lipinski definition) is 0. The lowest BCUT2D eigenvalue weighted by molar-refractivity contribution is 0.0780. The maximum absolute atomic E-state index is 12.4. The van der Waals surface area contributed by atoms with E-state index in [1.54, 1.807) is 41.7 Å². The van der Waals surface area contributed by atoms with Gasteiger partial charge in [-0.1, -0.05) is 28.9 Å². The van der Waals surface area contributed by atoms with Crippen molar-refractivity contribution in [3.05, 3.63) is 57.3 Å². The molecule has 3 aromatic rings. The molecule has 0 aliphatic heterocycles. The molecule has 0 atom stereocenters. The number of carbonyl (C=O) groups is 1. The first-order chi connectivity index (χ1) is 11.0. The molecule has 0 saturated carbocycles. The predicted octanol–water partition coefficient (Wildman–Crippen LogP) is 2.96. The van der Waals surface area contributed by atoms with Gasteiger partial charge in [0.25, 0.3) is 5.91 Å². The molecule has 118 valence electrons. The molecular weight excluding hydrogens is 334 g/mol. The van der Waals surface area contributed by atoms with Gasteiger partial charge in [-0.25, -0.2) is 9.67 Å². The summed E-state index contributed by atoms with van der Waals surface area (Å²) >= 11 is 7.70. The number of aryl methyl sites for hydroxylation is 1. The molecule has 0 aliphatic rings. The number of thiazole rings is 1. The van der Waals surface area contributed by atoms with E-state index < -0.39 is 0 Å². The van der Waals surface area contributed by atoms with Gasteiger partial charge in [0.2, 0.25) is 0 Å². The second kappa shape index (κ2) is 6.47. The smallest absolute Gasteiger partial charge is 0.276 e. The Kier molecular flexibility index (Phi) is 4.40. The molecule has 2 aromatic heterocycles. The average molecular weight is 348 g/mol. The van der Waals surface area contributed by atoms with Crippen LogP contribution in [-0.4, -0.2) is 37.8 Å². The summed E-state index contributed by atoms with van der Waals surface area (Å²) in [4.78, 5) is 19.3. The van der Waals surface area contributed by atoms with Gasteiger partial charge in [0.1, 0.15) is 0 Å². The summed E-state index contributed by atoms with van der Waals surface area (Å²) in [7, 11) is 1.73. The van der Waals surface area contributed by atoms with Crippen molar-refractivity contribution < 1.29 is 4.79 Å². The number of halogens is 1. The van der Waals surface area contributed by atoms with Crippen LogP contribution in [0.2, 0.25) is 5.02 Å². The second-order valence-corrected chi connectivity index (χ2v) is 6.73. The van der Waals surface area contributed by atoms with Crippen LogP contribution in [0.1, 0.15) is 20.4 Å². The van der Waals surface area contributed by atoms with Crippen molar-refractivity contribution in [2.75, 3.05) is 7.05 Å². The summed E-state index contributed by atoms with van der Waals surface area (Å²) in [6.45, 7) is 2.43. The molecular formula is C15H14ClN5OS. The Balaban J connectivity index is 1.77. The van der Waals surface area contributed by atoms with Crippen LogP contribution in [0.4, 0.5) is 0 Å². The zero-order valence-corrected chi connectivity index (χ0v) is 14.2. The largest absolute Gasteiger partial charge is 0.335 e. The highest BCUT2D eigenvalue weighted by molar-refractivity contribution is 7.11. The third-order valence-corrected chi connectivity index (χ3v) is 4.44. The van der Waals surface area contributed by atoms with E-state index >= 15 is 0 Å². The molecule has 1 amide bonds. The topological polar surface area (TPSA) is 63.9 Å². The standard InChI is InChI=1S/C15H14ClN5OS/c1-10-17-7-11(23-10)8-20(2)15(22)13-9-21(19-18-13)14-6-4-3-5-12(14)16/h3-7,9H,8H2,1-2H3. The van der Waals surface area contributed by atoms with Gasteiger partial charge in [-0.15, -0.1) is 16.4 Å². The molecule has 1 aromatic carbocycles. The number of amides is 1. The highest BCUT2D eigenvalue weighted by atomic mass is 35.5. The van der Waals surface area contributed by atoms with Crippen molar-refractivity contribution in [1.82, 2.24) is 24.9 Å². The lowest BCUT2D eigenvalue weighted by atomic mass is 10.3. The van der Waals surface area contributed by atoms with Crippen LogP contribution < -0.4 is 0 Å². The number of para-hydroxylation sites is 1. The SMILES string of the molecule is Cc1ncc(CN(C)C(=O)c2cn(-c3ccccc3Cl)nn2)s1. The van der Waals surface area contributed by atoms with Gasteiger partial charge in [0.15, 0.2) is 5.69 Å². The van der Waals surface area contributed by atoms with Crippen molar-refractivity contribution in [3.8, 4) is 5.69 Å². The fraction of sp³-hybridized carbons (Fsp3) is 0.200. The van der Waals surface area contributed by atoms with Crippen molar-refractivity contribution in [1.29, 1.82) is 0 Å². The van der Waals surface area contributed by atoms with Crippen molar-refractivity contribution in [2.45, 2.75) is 13.5 Å². The minimum absolute atomic E-state index is 0.200. The molecule has 0 bridgehead atoms. The zero-order chi connectivity index (χ0) is 16.4. The molecule has 0 fully saturated rings. The number of carbonyl (C=O) groups excluding carboxylic acids is 1. The molecule has 23 heavy (non-hydrogen) atoms. The Morgan fingerprint density at radius 3 is 2.87 bits per heavy atom. The quantitative estimate of drug-likeness (QED) is 0.728. The Morgan fingerprint density at radius 1 is 1.39 bits per heavy atom. The van der Waals surface area contributed by atoms with Crippen LogP contribution in [0.3, 0.4) is 0 Å². The van der Waals surface area contributed by atoms with E-state index in [1.807, 2.05) is 25.1 Å². The van der Waals surface area contributed by atoms with E-state index in [0.717, 1.165) is 9.88 Å². The minimum atomic E-state index is -0.200. The molecule has 2 heterocycles. The monoisotopic (exact) mass is 347 g/mol. The van der Waals surface area contributed by atoms with Gasteiger partial charge >= 0.3 is 0 Å². The van der Waals surface area contributed by atoms with E-state index in [4.69, 9.17) is 11.6 Å². The van der Waals surface area contributed by atoms with Crippen LogP contribution in [0.25, 0.3) is 5.69 Å². The Bertz CT molecular complexity index is 844. The maximum atomic E-state index is 12.4. The highest BCUT2D eigenvalue weighted by Crippen LogP contribution is 2.19. The fourth-order valence-electron chi connectivity index (χ4n) is 2.10. The molecule has 8 heteroatoms.